The fourth-order valence-electron chi connectivity index (χ4n) is 4.23. The second-order valence-electron chi connectivity index (χ2n) is 7.41. The van der Waals surface area contributed by atoms with E-state index in [4.69, 9.17) is 4.74 Å². The van der Waals surface area contributed by atoms with Crippen LogP contribution < -0.4 is 10.6 Å². The number of aliphatic imine (C=N–C) groups is 1. The summed E-state index contributed by atoms with van der Waals surface area (Å²) < 4.78 is 28.8. The Morgan fingerprint density at radius 1 is 1.35 bits per heavy atom. The van der Waals surface area contributed by atoms with E-state index in [1.165, 1.54) is 0 Å². The number of rotatable bonds is 3. The predicted octanol–water partition coefficient (Wildman–Crippen LogP) is 1.02. The molecule has 8 heteroatoms. The van der Waals surface area contributed by atoms with Gasteiger partial charge in [-0.05, 0) is 18.8 Å². The lowest BCUT2D eigenvalue weighted by Gasteiger charge is -2.54. The number of halogens is 1. The lowest BCUT2D eigenvalue weighted by Crippen LogP contribution is -2.68. The van der Waals surface area contributed by atoms with Crippen LogP contribution >= 0.6 is 24.0 Å². The van der Waals surface area contributed by atoms with Gasteiger partial charge in [0.05, 0.1) is 17.6 Å². The van der Waals surface area contributed by atoms with Crippen molar-refractivity contribution >= 4 is 39.8 Å². The van der Waals surface area contributed by atoms with Crippen LogP contribution in [0.3, 0.4) is 0 Å². The number of hydrogen-bond acceptors (Lipinski definition) is 4. The Morgan fingerprint density at radius 3 is 2.70 bits per heavy atom. The van der Waals surface area contributed by atoms with Gasteiger partial charge in [0.1, 0.15) is 0 Å². The molecule has 2 heterocycles. The molecule has 3 aliphatic rings. The first-order valence-electron chi connectivity index (χ1n) is 8.13. The van der Waals surface area contributed by atoms with Gasteiger partial charge in [0.25, 0.3) is 0 Å². The highest BCUT2D eigenvalue weighted by molar-refractivity contribution is 14.0. The van der Waals surface area contributed by atoms with Gasteiger partial charge in [0, 0.05) is 37.6 Å². The number of ether oxygens (including phenoxy) is 1. The zero-order valence-corrected chi connectivity index (χ0v) is 17.2. The third-order valence-electron chi connectivity index (χ3n) is 5.50. The molecule has 3 rings (SSSR count). The Balaban J connectivity index is 0.00000192. The molecule has 1 aliphatic carbocycles. The van der Waals surface area contributed by atoms with Crippen LogP contribution in [0.4, 0.5) is 0 Å². The van der Waals surface area contributed by atoms with E-state index in [0.717, 1.165) is 25.4 Å². The highest BCUT2D eigenvalue weighted by Crippen LogP contribution is 2.52. The molecule has 1 saturated carbocycles. The normalized spacial score (nSPS) is 37.4. The van der Waals surface area contributed by atoms with Gasteiger partial charge in [-0.15, -0.1) is 24.0 Å². The van der Waals surface area contributed by atoms with Crippen molar-refractivity contribution in [2.75, 3.05) is 31.7 Å². The monoisotopic (exact) mass is 457 g/mol. The number of fused-ring (bicyclic) bond motifs is 1. The molecule has 0 spiro atoms. The van der Waals surface area contributed by atoms with Crippen LogP contribution in [0, 0.1) is 17.3 Å². The second kappa shape index (κ2) is 7.03. The molecular formula is C15H28IN3O3S. The molecule has 3 fully saturated rings. The van der Waals surface area contributed by atoms with Crippen molar-refractivity contribution in [3.05, 3.63) is 0 Å². The molecule has 0 aromatic rings. The molecule has 6 nitrogen and oxygen atoms in total. The molecule has 0 bridgehead atoms. The zero-order chi connectivity index (χ0) is 16.0. The minimum absolute atomic E-state index is 0. The van der Waals surface area contributed by atoms with Crippen molar-refractivity contribution in [2.45, 2.75) is 38.8 Å². The number of guanidine groups is 1. The van der Waals surface area contributed by atoms with Crippen LogP contribution in [-0.2, 0) is 14.6 Å². The van der Waals surface area contributed by atoms with Gasteiger partial charge in [-0.3, -0.25) is 4.99 Å². The molecule has 0 aromatic heterocycles. The maximum Gasteiger partial charge on any atom is 0.191 e. The smallest absolute Gasteiger partial charge is 0.191 e. The van der Waals surface area contributed by atoms with Crippen molar-refractivity contribution in [1.29, 1.82) is 0 Å². The van der Waals surface area contributed by atoms with E-state index >= 15 is 0 Å². The molecule has 0 amide bonds. The topological polar surface area (TPSA) is 79.8 Å². The molecule has 4 atom stereocenters. The van der Waals surface area contributed by atoms with E-state index in [9.17, 15) is 8.42 Å². The summed E-state index contributed by atoms with van der Waals surface area (Å²) in [6.07, 6.45) is 2.20. The van der Waals surface area contributed by atoms with Gasteiger partial charge in [0.2, 0.25) is 0 Å². The molecule has 2 N–H and O–H groups in total. The van der Waals surface area contributed by atoms with Crippen LogP contribution in [-0.4, -0.2) is 58.2 Å². The van der Waals surface area contributed by atoms with Crippen molar-refractivity contribution in [1.82, 2.24) is 10.6 Å². The minimum atomic E-state index is -2.81. The number of hydrogen-bond donors (Lipinski definition) is 2. The van der Waals surface area contributed by atoms with Gasteiger partial charge in [-0.1, -0.05) is 13.8 Å². The first-order valence-corrected chi connectivity index (χ1v) is 9.95. The zero-order valence-electron chi connectivity index (χ0n) is 14.0. The van der Waals surface area contributed by atoms with Crippen LogP contribution in [0.5, 0.6) is 0 Å². The molecule has 0 aromatic carbocycles. The summed E-state index contributed by atoms with van der Waals surface area (Å²) in [6, 6.07) is 0.360. The molecule has 4 unspecified atom stereocenters. The van der Waals surface area contributed by atoms with E-state index in [-0.39, 0.29) is 35.3 Å². The Kier molecular flexibility index (Phi) is 5.88. The fraction of sp³-hybridized carbons (Fsp3) is 0.933. The maximum atomic E-state index is 11.5. The van der Waals surface area contributed by atoms with Gasteiger partial charge < -0.3 is 15.4 Å². The van der Waals surface area contributed by atoms with E-state index in [2.05, 4.69) is 29.5 Å². The van der Waals surface area contributed by atoms with Gasteiger partial charge in [-0.25, -0.2) is 8.42 Å². The fourth-order valence-corrected chi connectivity index (χ4v) is 6.10. The molecule has 0 radical (unpaired) electrons. The number of nitrogens with one attached hydrogen (secondary N) is 2. The SMILES string of the molecule is CN=C(NCC1CCS(=O)(=O)C1)NC1C2CCOC2C1(C)C.I. The third kappa shape index (κ3) is 3.78. The Bertz CT molecular complexity index is 564. The van der Waals surface area contributed by atoms with E-state index in [0.29, 0.717) is 36.1 Å². The van der Waals surface area contributed by atoms with E-state index in [1.54, 1.807) is 7.05 Å². The predicted molar refractivity (Wildman–Crippen MR) is 102 cm³/mol. The first-order chi connectivity index (χ1) is 10.3. The summed E-state index contributed by atoms with van der Waals surface area (Å²) in [6.45, 7) is 5.97. The van der Waals surface area contributed by atoms with E-state index < -0.39 is 9.84 Å². The summed E-state index contributed by atoms with van der Waals surface area (Å²) in [7, 11) is -1.05. The third-order valence-corrected chi connectivity index (χ3v) is 7.34. The minimum Gasteiger partial charge on any atom is -0.377 e. The van der Waals surface area contributed by atoms with Crippen molar-refractivity contribution in [3.8, 4) is 0 Å². The largest absolute Gasteiger partial charge is 0.377 e. The second-order valence-corrected chi connectivity index (χ2v) is 9.64. The molecular weight excluding hydrogens is 429 g/mol. The van der Waals surface area contributed by atoms with Crippen LogP contribution in [0.1, 0.15) is 26.7 Å². The van der Waals surface area contributed by atoms with Gasteiger partial charge in [-0.2, -0.15) is 0 Å². The van der Waals surface area contributed by atoms with Crippen LogP contribution in [0.15, 0.2) is 4.99 Å². The van der Waals surface area contributed by atoms with Crippen molar-refractivity contribution in [3.63, 3.8) is 0 Å². The standard InChI is InChI=1S/C15H27N3O3S.HI/c1-15(2)12(11-4-6-21-13(11)15)18-14(16-3)17-8-10-5-7-22(19,20)9-10;/h10-13H,4-9H2,1-3H3,(H2,16,17,18);1H. The molecule has 134 valence electrons. The molecule has 2 aliphatic heterocycles. The maximum absolute atomic E-state index is 11.5. The summed E-state index contributed by atoms with van der Waals surface area (Å²) in [4.78, 5) is 4.29. The summed E-state index contributed by atoms with van der Waals surface area (Å²) in [5.41, 5.74) is 0.107. The molecule has 23 heavy (non-hydrogen) atoms. The summed E-state index contributed by atoms with van der Waals surface area (Å²) in [5.74, 6) is 2.14. The Labute approximate surface area is 156 Å². The van der Waals surface area contributed by atoms with Crippen molar-refractivity contribution in [2.24, 2.45) is 22.2 Å². The Morgan fingerprint density at radius 2 is 2.09 bits per heavy atom. The summed E-state index contributed by atoms with van der Waals surface area (Å²) in [5, 5.41) is 6.82. The Hall–Kier alpha value is -0.0900. The highest BCUT2D eigenvalue weighted by Gasteiger charge is 2.59. The molecule has 2 saturated heterocycles. The number of nitrogens with zero attached hydrogens (tertiary/aromatic N) is 1. The summed E-state index contributed by atoms with van der Waals surface area (Å²) >= 11 is 0. The van der Waals surface area contributed by atoms with Crippen LogP contribution in [0.2, 0.25) is 0 Å². The van der Waals surface area contributed by atoms with Gasteiger partial charge in [0.15, 0.2) is 15.8 Å². The van der Waals surface area contributed by atoms with Crippen LogP contribution in [0.25, 0.3) is 0 Å². The van der Waals surface area contributed by atoms with E-state index in [1.807, 2.05) is 0 Å². The lowest BCUT2D eigenvalue weighted by molar-refractivity contribution is -0.106. The highest BCUT2D eigenvalue weighted by atomic mass is 127. The average Bonchev–Trinajstić information content (AvgIpc) is 3.04. The first kappa shape index (κ1) is 19.2. The average molecular weight is 457 g/mol. The quantitative estimate of drug-likeness (QED) is 0.376. The van der Waals surface area contributed by atoms with Crippen molar-refractivity contribution < 1.29 is 13.2 Å². The van der Waals surface area contributed by atoms with Gasteiger partial charge >= 0.3 is 0 Å². The lowest BCUT2D eigenvalue weighted by atomic mass is 9.57. The number of sulfone groups is 1.